The SMILES string of the molecule is Cc1cc(CCN)ccc1Oc1cccc(F)c1. The van der Waals surface area contributed by atoms with Gasteiger partial charge in [0.15, 0.2) is 0 Å². The van der Waals surface area contributed by atoms with E-state index in [1.54, 1.807) is 12.1 Å². The molecule has 94 valence electrons. The van der Waals surface area contributed by atoms with Crippen LogP contribution in [0.4, 0.5) is 4.39 Å². The van der Waals surface area contributed by atoms with Gasteiger partial charge in [-0.1, -0.05) is 18.2 Å². The van der Waals surface area contributed by atoms with Crippen LogP contribution >= 0.6 is 0 Å². The van der Waals surface area contributed by atoms with Gasteiger partial charge in [0, 0.05) is 6.07 Å². The molecule has 18 heavy (non-hydrogen) atoms. The molecule has 2 aromatic carbocycles. The molecule has 2 nitrogen and oxygen atoms in total. The Balaban J connectivity index is 2.19. The van der Waals surface area contributed by atoms with Gasteiger partial charge in [-0.2, -0.15) is 0 Å². The molecule has 0 saturated heterocycles. The van der Waals surface area contributed by atoms with Crippen molar-refractivity contribution in [1.82, 2.24) is 0 Å². The average molecular weight is 245 g/mol. The Labute approximate surface area is 106 Å². The molecular weight excluding hydrogens is 229 g/mol. The zero-order valence-corrected chi connectivity index (χ0v) is 10.3. The molecule has 0 aliphatic carbocycles. The Morgan fingerprint density at radius 2 is 2.00 bits per heavy atom. The van der Waals surface area contributed by atoms with Gasteiger partial charge in [-0.05, 0) is 49.2 Å². The van der Waals surface area contributed by atoms with Crippen molar-refractivity contribution >= 4 is 0 Å². The van der Waals surface area contributed by atoms with E-state index in [1.807, 2.05) is 25.1 Å². The fourth-order valence-electron chi connectivity index (χ4n) is 1.81. The second kappa shape index (κ2) is 5.65. The van der Waals surface area contributed by atoms with E-state index in [4.69, 9.17) is 10.5 Å². The van der Waals surface area contributed by atoms with Crippen LogP contribution < -0.4 is 10.5 Å². The third-order valence-corrected chi connectivity index (χ3v) is 2.70. The maximum Gasteiger partial charge on any atom is 0.130 e. The summed E-state index contributed by atoms with van der Waals surface area (Å²) in [6, 6.07) is 12.0. The van der Waals surface area contributed by atoms with Crippen molar-refractivity contribution in [3.05, 3.63) is 59.4 Å². The van der Waals surface area contributed by atoms with E-state index in [2.05, 4.69) is 0 Å². The Morgan fingerprint density at radius 1 is 1.17 bits per heavy atom. The molecule has 0 fully saturated rings. The van der Waals surface area contributed by atoms with Crippen molar-refractivity contribution in [2.45, 2.75) is 13.3 Å². The van der Waals surface area contributed by atoms with Gasteiger partial charge in [-0.25, -0.2) is 4.39 Å². The van der Waals surface area contributed by atoms with Crippen LogP contribution in [0.1, 0.15) is 11.1 Å². The maximum absolute atomic E-state index is 13.0. The Morgan fingerprint density at radius 3 is 2.67 bits per heavy atom. The van der Waals surface area contributed by atoms with Gasteiger partial charge >= 0.3 is 0 Å². The first-order valence-electron chi connectivity index (χ1n) is 5.92. The fourth-order valence-corrected chi connectivity index (χ4v) is 1.81. The van der Waals surface area contributed by atoms with E-state index in [1.165, 1.54) is 17.7 Å². The normalized spacial score (nSPS) is 10.4. The van der Waals surface area contributed by atoms with Gasteiger partial charge in [0.05, 0.1) is 0 Å². The standard InChI is InChI=1S/C15H16FNO/c1-11-9-12(7-8-17)5-6-15(11)18-14-4-2-3-13(16)10-14/h2-6,9-10H,7-8,17H2,1H3. The number of nitrogens with two attached hydrogens (primary N) is 1. The zero-order valence-electron chi connectivity index (χ0n) is 10.3. The van der Waals surface area contributed by atoms with Crippen molar-refractivity contribution in [2.75, 3.05) is 6.54 Å². The lowest BCUT2D eigenvalue weighted by Gasteiger charge is -2.10. The number of ether oxygens (including phenoxy) is 1. The molecule has 0 spiro atoms. The summed E-state index contributed by atoms with van der Waals surface area (Å²) in [6.45, 7) is 2.60. The first-order chi connectivity index (χ1) is 8.69. The van der Waals surface area contributed by atoms with E-state index in [9.17, 15) is 4.39 Å². The summed E-state index contributed by atoms with van der Waals surface area (Å²) in [7, 11) is 0. The molecule has 0 aliphatic rings. The van der Waals surface area contributed by atoms with Crippen molar-refractivity contribution in [3.8, 4) is 11.5 Å². The summed E-state index contributed by atoms with van der Waals surface area (Å²) in [5, 5.41) is 0. The average Bonchev–Trinajstić information content (AvgIpc) is 2.33. The first-order valence-corrected chi connectivity index (χ1v) is 5.92. The molecule has 0 bridgehead atoms. The van der Waals surface area contributed by atoms with Crippen molar-refractivity contribution < 1.29 is 9.13 Å². The topological polar surface area (TPSA) is 35.2 Å². The second-order valence-corrected chi connectivity index (χ2v) is 4.20. The van der Waals surface area contributed by atoms with Crippen LogP contribution in [-0.4, -0.2) is 6.54 Å². The molecule has 0 unspecified atom stereocenters. The summed E-state index contributed by atoms with van der Waals surface area (Å²) in [6.07, 6.45) is 0.848. The number of hydrogen-bond donors (Lipinski definition) is 1. The molecule has 0 aromatic heterocycles. The lowest BCUT2D eigenvalue weighted by molar-refractivity contribution is 0.473. The lowest BCUT2D eigenvalue weighted by Crippen LogP contribution is -2.02. The van der Waals surface area contributed by atoms with Crippen LogP contribution in [0.15, 0.2) is 42.5 Å². The molecule has 0 saturated carbocycles. The van der Waals surface area contributed by atoms with Crippen LogP contribution in [0.25, 0.3) is 0 Å². The highest BCUT2D eigenvalue weighted by molar-refractivity contribution is 5.39. The molecule has 0 radical (unpaired) electrons. The number of rotatable bonds is 4. The quantitative estimate of drug-likeness (QED) is 0.895. The highest BCUT2D eigenvalue weighted by Crippen LogP contribution is 2.26. The first kappa shape index (κ1) is 12.6. The molecule has 0 amide bonds. The lowest BCUT2D eigenvalue weighted by atomic mass is 10.1. The minimum Gasteiger partial charge on any atom is -0.457 e. The van der Waals surface area contributed by atoms with Gasteiger partial charge in [0.25, 0.3) is 0 Å². The highest BCUT2D eigenvalue weighted by atomic mass is 19.1. The van der Waals surface area contributed by atoms with Crippen molar-refractivity contribution in [3.63, 3.8) is 0 Å². The van der Waals surface area contributed by atoms with Crippen LogP contribution in [-0.2, 0) is 6.42 Å². The number of hydrogen-bond acceptors (Lipinski definition) is 2. The molecule has 0 aliphatic heterocycles. The van der Waals surface area contributed by atoms with Crippen molar-refractivity contribution in [1.29, 1.82) is 0 Å². The second-order valence-electron chi connectivity index (χ2n) is 4.20. The smallest absolute Gasteiger partial charge is 0.130 e. The van der Waals surface area contributed by atoms with Gasteiger partial charge < -0.3 is 10.5 Å². The van der Waals surface area contributed by atoms with Gasteiger partial charge in [0.2, 0.25) is 0 Å². The predicted molar refractivity (Wildman–Crippen MR) is 70.4 cm³/mol. The molecular formula is C15H16FNO. The van der Waals surface area contributed by atoms with Gasteiger partial charge in [-0.3, -0.25) is 0 Å². The Bertz CT molecular complexity index is 540. The van der Waals surface area contributed by atoms with Crippen LogP contribution in [0.3, 0.4) is 0 Å². The fraction of sp³-hybridized carbons (Fsp3) is 0.200. The summed E-state index contributed by atoms with van der Waals surface area (Å²) >= 11 is 0. The zero-order chi connectivity index (χ0) is 13.0. The Kier molecular flexibility index (Phi) is 3.95. The minimum atomic E-state index is -0.301. The number of benzene rings is 2. The molecule has 2 N–H and O–H groups in total. The summed E-state index contributed by atoms with van der Waals surface area (Å²) in [5.41, 5.74) is 7.72. The van der Waals surface area contributed by atoms with Crippen molar-refractivity contribution in [2.24, 2.45) is 5.73 Å². The Hall–Kier alpha value is -1.87. The molecule has 2 aromatic rings. The largest absolute Gasteiger partial charge is 0.457 e. The summed E-state index contributed by atoms with van der Waals surface area (Å²) in [5.74, 6) is 0.941. The van der Waals surface area contributed by atoms with Crippen LogP contribution in [0.5, 0.6) is 11.5 Å². The highest BCUT2D eigenvalue weighted by Gasteiger charge is 2.03. The third-order valence-electron chi connectivity index (χ3n) is 2.70. The van der Waals surface area contributed by atoms with E-state index >= 15 is 0 Å². The third kappa shape index (κ3) is 3.08. The van der Waals surface area contributed by atoms with Gasteiger partial charge in [-0.15, -0.1) is 0 Å². The van der Waals surface area contributed by atoms with Gasteiger partial charge in [0.1, 0.15) is 17.3 Å². The van der Waals surface area contributed by atoms with Crippen LogP contribution in [0.2, 0.25) is 0 Å². The summed E-state index contributed by atoms with van der Waals surface area (Å²) in [4.78, 5) is 0. The van der Waals surface area contributed by atoms with Crippen LogP contribution in [0, 0.1) is 12.7 Å². The molecule has 0 heterocycles. The predicted octanol–water partition coefficient (Wildman–Crippen LogP) is 3.43. The number of halogens is 1. The molecule has 2 rings (SSSR count). The monoisotopic (exact) mass is 245 g/mol. The van der Waals surface area contributed by atoms with E-state index < -0.39 is 0 Å². The molecule has 3 heteroatoms. The molecule has 0 atom stereocenters. The minimum absolute atomic E-state index is 0.301. The maximum atomic E-state index is 13.0. The summed E-state index contributed by atoms with van der Waals surface area (Å²) < 4.78 is 18.7. The van der Waals surface area contributed by atoms with E-state index in [0.29, 0.717) is 12.3 Å². The number of aryl methyl sites for hydroxylation is 1. The van der Waals surface area contributed by atoms with E-state index in [0.717, 1.165) is 17.7 Å². The van der Waals surface area contributed by atoms with E-state index in [-0.39, 0.29) is 5.82 Å².